The molecule has 0 fully saturated rings. The van der Waals surface area contributed by atoms with Crippen LogP contribution in [0.3, 0.4) is 0 Å². The monoisotopic (exact) mass is 251 g/mol. The van der Waals surface area contributed by atoms with Crippen molar-refractivity contribution in [2.75, 3.05) is 0 Å². The Balaban J connectivity index is 0.000000411. The fraction of sp³-hybridized carbons (Fsp3) is 0.0833. The summed E-state index contributed by atoms with van der Waals surface area (Å²) in [6.07, 6.45) is 0. The topological polar surface area (TPSA) is 118 Å². The molecule has 4 N–H and O–H groups in total. The molecule has 1 rings (SSSR count). The van der Waals surface area contributed by atoms with E-state index in [1.807, 2.05) is 0 Å². The molecule has 0 aliphatic rings. The summed E-state index contributed by atoms with van der Waals surface area (Å²) >= 11 is 0. The van der Waals surface area contributed by atoms with Gasteiger partial charge < -0.3 is 15.9 Å². The lowest BCUT2D eigenvalue weighted by molar-refractivity contribution is -0.114. The minimum Gasteiger partial charge on any atom is -0.478 e. The van der Waals surface area contributed by atoms with E-state index in [2.05, 4.69) is 6.58 Å². The summed E-state index contributed by atoms with van der Waals surface area (Å²) in [5.41, 5.74) is 4.72. The average molecular weight is 251 g/mol. The summed E-state index contributed by atoms with van der Waals surface area (Å²) < 4.78 is 0. The first-order valence-electron chi connectivity index (χ1n) is 4.78. The van der Waals surface area contributed by atoms with E-state index in [0.29, 0.717) is 5.57 Å². The van der Waals surface area contributed by atoms with Crippen LogP contribution in [0.15, 0.2) is 36.4 Å². The average Bonchev–Trinajstić information content (AvgIpc) is 2.29. The zero-order valence-electron chi connectivity index (χ0n) is 9.71. The number of benzene rings is 1. The van der Waals surface area contributed by atoms with Gasteiger partial charge in [-0.05, 0) is 19.1 Å². The first-order chi connectivity index (χ1) is 8.27. The normalized spacial score (nSPS) is 8.72. The van der Waals surface area contributed by atoms with Gasteiger partial charge in [-0.3, -0.25) is 4.79 Å². The van der Waals surface area contributed by atoms with Crippen molar-refractivity contribution in [3.05, 3.63) is 47.5 Å². The summed E-state index contributed by atoms with van der Waals surface area (Å²) in [5, 5.41) is 17.1. The molecule has 0 aliphatic heterocycles. The van der Waals surface area contributed by atoms with Crippen LogP contribution in [0, 0.1) is 0 Å². The van der Waals surface area contributed by atoms with Gasteiger partial charge in [0.15, 0.2) is 0 Å². The second kappa shape index (κ2) is 6.85. The van der Waals surface area contributed by atoms with Gasteiger partial charge in [0.2, 0.25) is 5.91 Å². The summed E-state index contributed by atoms with van der Waals surface area (Å²) in [6, 6.07) is 5.48. The quantitative estimate of drug-likeness (QED) is 0.696. The molecule has 18 heavy (non-hydrogen) atoms. The Morgan fingerprint density at radius 1 is 1.06 bits per heavy atom. The number of hydrogen-bond donors (Lipinski definition) is 3. The Morgan fingerprint density at radius 2 is 1.33 bits per heavy atom. The number of carboxylic acid groups (broad SMARTS) is 2. The van der Waals surface area contributed by atoms with Gasteiger partial charge in [0.25, 0.3) is 0 Å². The van der Waals surface area contributed by atoms with Crippen LogP contribution >= 0.6 is 0 Å². The molecule has 0 aliphatic carbocycles. The van der Waals surface area contributed by atoms with Crippen LogP contribution in [0.2, 0.25) is 0 Å². The lowest BCUT2D eigenvalue weighted by atomic mass is 10.1. The highest BCUT2D eigenvalue weighted by molar-refractivity contribution is 6.01. The van der Waals surface area contributed by atoms with E-state index in [4.69, 9.17) is 15.9 Å². The van der Waals surface area contributed by atoms with Gasteiger partial charge in [-0.1, -0.05) is 18.7 Å². The molecule has 6 nitrogen and oxygen atoms in total. The smallest absolute Gasteiger partial charge is 0.336 e. The molecule has 0 radical (unpaired) electrons. The van der Waals surface area contributed by atoms with Crippen LogP contribution in [0.1, 0.15) is 27.6 Å². The van der Waals surface area contributed by atoms with E-state index in [1.165, 1.54) is 24.3 Å². The Labute approximate surface area is 103 Å². The molecule has 0 unspecified atom stereocenters. The molecule has 6 heteroatoms. The number of amides is 1. The van der Waals surface area contributed by atoms with Gasteiger partial charge in [-0.25, -0.2) is 9.59 Å². The second-order valence-corrected chi connectivity index (χ2v) is 3.30. The highest BCUT2D eigenvalue weighted by Gasteiger charge is 2.13. The second-order valence-electron chi connectivity index (χ2n) is 3.30. The molecule has 0 saturated heterocycles. The van der Waals surface area contributed by atoms with Crippen molar-refractivity contribution in [3.63, 3.8) is 0 Å². The van der Waals surface area contributed by atoms with Crippen LogP contribution in [0.5, 0.6) is 0 Å². The number of hydrogen-bond acceptors (Lipinski definition) is 3. The van der Waals surface area contributed by atoms with Crippen LogP contribution in [-0.4, -0.2) is 28.1 Å². The molecule has 1 aromatic carbocycles. The van der Waals surface area contributed by atoms with E-state index in [1.54, 1.807) is 6.92 Å². The maximum atomic E-state index is 10.5. The maximum absolute atomic E-state index is 10.5. The lowest BCUT2D eigenvalue weighted by Gasteiger charge is -1.98. The number of aromatic carboxylic acids is 2. The summed E-state index contributed by atoms with van der Waals surface area (Å²) in [4.78, 5) is 30.7. The van der Waals surface area contributed by atoms with Gasteiger partial charge in [-0.2, -0.15) is 0 Å². The number of carbonyl (C=O) groups excluding carboxylic acids is 1. The van der Waals surface area contributed by atoms with Gasteiger partial charge in [-0.15, -0.1) is 0 Å². The number of nitrogens with two attached hydrogens (primary N) is 1. The minimum absolute atomic E-state index is 0.190. The summed E-state index contributed by atoms with van der Waals surface area (Å²) in [6.45, 7) is 4.85. The van der Waals surface area contributed by atoms with Gasteiger partial charge in [0.1, 0.15) is 0 Å². The molecule has 0 heterocycles. The van der Waals surface area contributed by atoms with Crippen molar-refractivity contribution < 1.29 is 24.6 Å². The predicted octanol–water partition coefficient (Wildman–Crippen LogP) is 1.13. The minimum atomic E-state index is -1.23. The molecule has 0 spiro atoms. The van der Waals surface area contributed by atoms with E-state index in [0.717, 1.165) is 0 Å². The lowest BCUT2D eigenvalue weighted by Crippen LogP contribution is -2.10. The van der Waals surface area contributed by atoms with Crippen molar-refractivity contribution in [1.29, 1.82) is 0 Å². The van der Waals surface area contributed by atoms with Crippen LogP contribution in [-0.2, 0) is 4.79 Å². The number of rotatable bonds is 3. The fourth-order valence-electron chi connectivity index (χ4n) is 0.856. The van der Waals surface area contributed by atoms with Gasteiger partial charge in [0, 0.05) is 5.57 Å². The third-order valence-electron chi connectivity index (χ3n) is 1.81. The zero-order chi connectivity index (χ0) is 14.3. The first-order valence-corrected chi connectivity index (χ1v) is 4.78. The van der Waals surface area contributed by atoms with E-state index in [-0.39, 0.29) is 11.1 Å². The van der Waals surface area contributed by atoms with Crippen molar-refractivity contribution in [2.24, 2.45) is 5.73 Å². The number of carbonyl (C=O) groups is 3. The summed E-state index contributed by atoms with van der Waals surface area (Å²) in [5.74, 6) is -2.89. The molecule has 0 atom stereocenters. The molecule has 0 aromatic heterocycles. The summed E-state index contributed by atoms with van der Waals surface area (Å²) in [7, 11) is 0. The fourth-order valence-corrected chi connectivity index (χ4v) is 0.856. The molecule has 0 saturated carbocycles. The standard InChI is InChI=1S/C8H6O4.C4H7NO/c9-7(10)5-3-1-2-4-6(5)8(11)12;1-3(2)4(5)6/h1-4H,(H,9,10)(H,11,12);1H2,2H3,(H2,5,6). The number of carboxylic acids is 2. The van der Waals surface area contributed by atoms with Crippen LogP contribution in [0.25, 0.3) is 0 Å². The Bertz CT molecular complexity index is 448. The van der Waals surface area contributed by atoms with Crippen LogP contribution in [0.4, 0.5) is 0 Å². The molecule has 1 aromatic rings. The molecular weight excluding hydrogens is 238 g/mol. The van der Waals surface area contributed by atoms with Gasteiger partial charge >= 0.3 is 11.9 Å². The van der Waals surface area contributed by atoms with Crippen molar-refractivity contribution in [1.82, 2.24) is 0 Å². The Hall–Kier alpha value is -2.63. The van der Waals surface area contributed by atoms with E-state index < -0.39 is 17.8 Å². The third kappa shape index (κ3) is 4.93. The highest BCUT2D eigenvalue weighted by atomic mass is 16.4. The molecule has 96 valence electrons. The van der Waals surface area contributed by atoms with E-state index in [9.17, 15) is 14.4 Å². The Kier molecular flexibility index (Phi) is 5.85. The number of primary amides is 1. The van der Waals surface area contributed by atoms with Gasteiger partial charge in [0.05, 0.1) is 11.1 Å². The first kappa shape index (κ1) is 15.4. The molecule has 1 amide bonds. The predicted molar refractivity (Wildman–Crippen MR) is 64.4 cm³/mol. The SMILES string of the molecule is C=C(C)C(N)=O.O=C(O)c1ccccc1C(=O)O. The van der Waals surface area contributed by atoms with E-state index >= 15 is 0 Å². The molecular formula is C12H13NO5. The van der Waals surface area contributed by atoms with Crippen LogP contribution < -0.4 is 5.73 Å². The maximum Gasteiger partial charge on any atom is 0.336 e. The van der Waals surface area contributed by atoms with Crippen molar-refractivity contribution in [2.45, 2.75) is 6.92 Å². The third-order valence-corrected chi connectivity index (χ3v) is 1.81. The highest BCUT2D eigenvalue weighted by Crippen LogP contribution is 2.07. The van der Waals surface area contributed by atoms with Crippen molar-refractivity contribution in [3.8, 4) is 0 Å². The largest absolute Gasteiger partial charge is 0.478 e. The Morgan fingerprint density at radius 3 is 1.50 bits per heavy atom. The van der Waals surface area contributed by atoms with Crippen molar-refractivity contribution >= 4 is 17.8 Å². The molecule has 0 bridgehead atoms. The zero-order valence-corrected chi connectivity index (χ0v) is 9.71.